The zero-order valence-electron chi connectivity index (χ0n) is 15.6. The second-order valence-corrected chi connectivity index (χ2v) is 6.43. The van der Waals surface area contributed by atoms with Crippen molar-refractivity contribution in [2.24, 2.45) is 0 Å². The van der Waals surface area contributed by atoms with E-state index in [-0.39, 0.29) is 5.91 Å². The average molecular weight is 340 g/mol. The second kappa shape index (κ2) is 9.18. The maximum Gasteiger partial charge on any atom is 0.252 e. The summed E-state index contributed by atoms with van der Waals surface area (Å²) in [7, 11) is 4.06. The molecular formula is C20H28N4O. The number of nitrogens with one attached hydrogen (secondary N) is 1. The normalized spacial score (nSPS) is 10.8. The van der Waals surface area contributed by atoms with Crippen LogP contribution in [0.3, 0.4) is 0 Å². The molecule has 0 unspecified atom stereocenters. The van der Waals surface area contributed by atoms with Crippen LogP contribution in [-0.2, 0) is 0 Å². The Morgan fingerprint density at radius 3 is 2.64 bits per heavy atom. The molecule has 5 nitrogen and oxygen atoms in total. The summed E-state index contributed by atoms with van der Waals surface area (Å²) in [5.74, 6) is -0.0756. The highest BCUT2D eigenvalue weighted by Crippen LogP contribution is 2.25. The van der Waals surface area contributed by atoms with Gasteiger partial charge in [-0.05, 0) is 64.7 Å². The molecule has 1 heterocycles. The topological polar surface area (TPSA) is 48.5 Å². The van der Waals surface area contributed by atoms with Crippen LogP contribution in [0, 0.1) is 6.92 Å². The Morgan fingerprint density at radius 1 is 1.16 bits per heavy atom. The van der Waals surface area contributed by atoms with Gasteiger partial charge in [-0.2, -0.15) is 0 Å². The van der Waals surface area contributed by atoms with Crippen LogP contribution in [0.25, 0.3) is 0 Å². The summed E-state index contributed by atoms with van der Waals surface area (Å²) in [6.45, 7) is 6.59. The van der Waals surface area contributed by atoms with E-state index in [2.05, 4.69) is 52.1 Å². The van der Waals surface area contributed by atoms with E-state index in [4.69, 9.17) is 0 Å². The number of aryl methyl sites for hydroxylation is 1. The Kier molecular flexibility index (Phi) is 6.95. The fourth-order valence-corrected chi connectivity index (χ4v) is 2.71. The number of hydrogen-bond acceptors (Lipinski definition) is 4. The molecule has 1 aromatic carbocycles. The lowest BCUT2D eigenvalue weighted by molar-refractivity contribution is 0.0952. The Bertz CT molecular complexity index is 700. The van der Waals surface area contributed by atoms with Crippen molar-refractivity contribution in [3.63, 3.8) is 0 Å². The molecule has 5 heteroatoms. The predicted molar refractivity (Wildman–Crippen MR) is 104 cm³/mol. The van der Waals surface area contributed by atoms with E-state index in [0.717, 1.165) is 30.9 Å². The number of benzene rings is 1. The zero-order valence-corrected chi connectivity index (χ0v) is 15.6. The molecule has 134 valence electrons. The van der Waals surface area contributed by atoms with Gasteiger partial charge in [0.1, 0.15) is 0 Å². The van der Waals surface area contributed by atoms with Crippen molar-refractivity contribution in [2.45, 2.75) is 20.3 Å². The maximum atomic E-state index is 12.4. The van der Waals surface area contributed by atoms with Gasteiger partial charge in [0, 0.05) is 25.0 Å². The van der Waals surface area contributed by atoms with E-state index in [1.165, 1.54) is 5.56 Å². The molecule has 0 aliphatic rings. The van der Waals surface area contributed by atoms with Crippen molar-refractivity contribution in [3.8, 4) is 0 Å². The van der Waals surface area contributed by atoms with Crippen LogP contribution in [0.4, 0.5) is 11.4 Å². The molecule has 0 bridgehead atoms. The van der Waals surface area contributed by atoms with Gasteiger partial charge >= 0.3 is 0 Å². The lowest BCUT2D eigenvalue weighted by atomic mass is 10.2. The first-order valence-corrected chi connectivity index (χ1v) is 8.73. The highest BCUT2D eigenvalue weighted by atomic mass is 16.1. The van der Waals surface area contributed by atoms with Crippen LogP contribution in [-0.4, -0.2) is 49.5 Å². The minimum atomic E-state index is -0.0756. The molecule has 1 aromatic heterocycles. The van der Waals surface area contributed by atoms with E-state index < -0.39 is 0 Å². The van der Waals surface area contributed by atoms with Gasteiger partial charge in [-0.25, -0.2) is 0 Å². The summed E-state index contributed by atoms with van der Waals surface area (Å²) >= 11 is 0. The van der Waals surface area contributed by atoms with E-state index in [0.29, 0.717) is 12.1 Å². The number of carbonyl (C=O) groups excluding carboxylic acids is 1. The first-order valence-electron chi connectivity index (χ1n) is 8.73. The molecule has 0 fully saturated rings. The number of aromatic nitrogens is 1. The third-order valence-electron chi connectivity index (χ3n) is 3.99. The lowest BCUT2D eigenvalue weighted by Gasteiger charge is -2.23. The quantitative estimate of drug-likeness (QED) is 0.750. The van der Waals surface area contributed by atoms with Crippen molar-refractivity contribution in [1.29, 1.82) is 0 Å². The fraction of sp³-hybridized carbons (Fsp3) is 0.400. The van der Waals surface area contributed by atoms with Crippen molar-refractivity contribution >= 4 is 17.3 Å². The van der Waals surface area contributed by atoms with Gasteiger partial charge in [-0.3, -0.25) is 9.78 Å². The van der Waals surface area contributed by atoms with Gasteiger partial charge in [0.25, 0.3) is 5.91 Å². The molecule has 0 spiro atoms. The highest BCUT2D eigenvalue weighted by Gasteiger charge is 2.12. The van der Waals surface area contributed by atoms with Crippen molar-refractivity contribution in [1.82, 2.24) is 15.2 Å². The molecular weight excluding hydrogens is 312 g/mol. The van der Waals surface area contributed by atoms with E-state index in [1.807, 2.05) is 26.2 Å². The summed E-state index contributed by atoms with van der Waals surface area (Å²) in [5.41, 5.74) is 3.83. The lowest BCUT2D eigenvalue weighted by Crippen LogP contribution is -2.27. The Morgan fingerprint density at radius 2 is 1.96 bits per heavy atom. The van der Waals surface area contributed by atoms with Gasteiger partial charge < -0.3 is 15.1 Å². The first-order chi connectivity index (χ1) is 12.0. The minimum absolute atomic E-state index is 0.0756. The van der Waals surface area contributed by atoms with Crippen LogP contribution in [0.5, 0.6) is 0 Å². The number of amides is 1. The number of nitrogens with zero attached hydrogens (tertiary/aromatic N) is 3. The Hall–Kier alpha value is -2.40. The largest absolute Gasteiger partial charge is 0.352 e. The van der Waals surface area contributed by atoms with Crippen LogP contribution in [0.1, 0.15) is 29.3 Å². The molecule has 0 atom stereocenters. The van der Waals surface area contributed by atoms with Crippen molar-refractivity contribution < 1.29 is 4.79 Å². The summed E-state index contributed by atoms with van der Waals surface area (Å²) < 4.78 is 0. The molecule has 1 N–H and O–H groups in total. The molecule has 2 rings (SSSR count). The molecule has 0 saturated heterocycles. The Balaban J connectivity index is 2.10. The van der Waals surface area contributed by atoms with Gasteiger partial charge in [-0.1, -0.05) is 12.1 Å². The molecule has 0 radical (unpaired) electrons. The van der Waals surface area contributed by atoms with Gasteiger partial charge in [-0.15, -0.1) is 0 Å². The molecule has 25 heavy (non-hydrogen) atoms. The molecule has 2 aromatic rings. The third-order valence-corrected chi connectivity index (χ3v) is 3.99. The summed E-state index contributed by atoms with van der Waals surface area (Å²) in [4.78, 5) is 20.9. The van der Waals surface area contributed by atoms with Crippen LogP contribution < -0.4 is 10.2 Å². The van der Waals surface area contributed by atoms with Crippen LogP contribution in [0.15, 0.2) is 42.7 Å². The monoisotopic (exact) mass is 340 g/mol. The molecule has 0 aliphatic carbocycles. The Labute approximate surface area is 150 Å². The average Bonchev–Trinajstić information content (AvgIpc) is 2.59. The SMILES string of the molecule is CCN(c1cccc(C)c1)c1cncc(C(=O)NCCCN(C)C)c1. The van der Waals surface area contributed by atoms with Crippen LogP contribution in [0.2, 0.25) is 0 Å². The smallest absolute Gasteiger partial charge is 0.252 e. The van der Waals surface area contributed by atoms with Crippen LogP contribution >= 0.6 is 0 Å². The zero-order chi connectivity index (χ0) is 18.2. The first kappa shape index (κ1) is 18.9. The van der Waals surface area contributed by atoms with Crippen molar-refractivity contribution in [2.75, 3.05) is 38.6 Å². The van der Waals surface area contributed by atoms with Gasteiger partial charge in [0.05, 0.1) is 17.4 Å². The van der Waals surface area contributed by atoms with Gasteiger partial charge in [0.2, 0.25) is 0 Å². The molecule has 1 amide bonds. The summed E-state index contributed by atoms with van der Waals surface area (Å²) in [5, 5.41) is 2.96. The van der Waals surface area contributed by atoms with Gasteiger partial charge in [0.15, 0.2) is 0 Å². The molecule has 0 aliphatic heterocycles. The minimum Gasteiger partial charge on any atom is -0.352 e. The summed E-state index contributed by atoms with van der Waals surface area (Å²) in [6, 6.07) is 10.2. The number of pyridine rings is 1. The van der Waals surface area contributed by atoms with E-state index in [1.54, 1.807) is 12.4 Å². The fourth-order valence-electron chi connectivity index (χ4n) is 2.71. The number of rotatable bonds is 8. The predicted octanol–water partition coefficient (Wildman–Crippen LogP) is 3.23. The van der Waals surface area contributed by atoms with E-state index in [9.17, 15) is 4.79 Å². The third kappa shape index (κ3) is 5.57. The van der Waals surface area contributed by atoms with E-state index >= 15 is 0 Å². The second-order valence-electron chi connectivity index (χ2n) is 6.43. The number of anilines is 2. The van der Waals surface area contributed by atoms with Crippen molar-refractivity contribution in [3.05, 3.63) is 53.9 Å². The summed E-state index contributed by atoms with van der Waals surface area (Å²) in [6.07, 6.45) is 4.35. The maximum absolute atomic E-state index is 12.4. The highest BCUT2D eigenvalue weighted by molar-refractivity contribution is 5.94. The molecule has 0 saturated carbocycles. The number of hydrogen-bond donors (Lipinski definition) is 1. The standard InChI is InChI=1S/C20H28N4O/c1-5-24(18-9-6-8-16(2)12-18)19-13-17(14-21-15-19)20(25)22-10-7-11-23(3)4/h6,8-9,12-15H,5,7,10-11H2,1-4H3,(H,22,25). The number of carbonyl (C=O) groups is 1.